The van der Waals surface area contributed by atoms with E-state index in [9.17, 15) is 19.4 Å². The SMILES string of the molecule is Cc1cc(F)c2c(c1)CCN2C(=O)CC[C@@H](C)[C@H]1CC[C@H]2[C@@H]3[C@H](O)C[C@@H]4C[C@H](O)CC[C@]4(C)[C@H]3CC[C@]12C. The van der Waals surface area contributed by atoms with Gasteiger partial charge in [0.25, 0.3) is 0 Å². The first-order valence-corrected chi connectivity index (χ1v) is 15.5. The Morgan fingerprint density at radius 1 is 1.08 bits per heavy atom. The van der Waals surface area contributed by atoms with Crippen LogP contribution in [0.5, 0.6) is 0 Å². The quantitative estimate of drug-likeness (QED) is 0.476. The molecule has 0 saturated heterocycles. The van der Waals surface area contributed by atoms with Gasteiger partial charge in [0.05, 0.1) is 17.9 Å². The average Bonchev–Trinajstić information content (AvgIpc) is 3.44. The minimum absolute atomic E-state index is 0.0583. The summed E-state index contributed by atoms with van der Waals surface area (Å²) in [6.45, 7) is 9.78. The van der Waals surface area contributed by atoms with Gasteiger partial charge in [0.15, 0.2) is 0 Å². The molecule has 5 heteroatoms. The molecule has 0 radical (unpaired) electrons. The van der Waals surface area contributed by atoms with Gasteiger partial charge in [-0.25, -0.2) is 4.39 Å². The molecule has 0 aromatic heterocycles. The molecule has 1 amide bonds. The summed E-state index contributed by atoms with van der Waals surface area (Å²) >= 11 is 0. The minimum atomic E-state index is -0.267. The van der Waals surface area contributed by atoms with E-state index in [2.05, 4.69) is 20.8 Å². The van der Waals surface area contributed by atoms with Gasteiger partial charge in [0, 0.05) is 13.0 Å². The second-order valence-electron chi connectivity index (χ2n) is 14.5. The van der Waals surface area contributed by atoms with Crippen LogP contribution in [0.15, 0.2) is 12.1 Å². The van der Waals surface area contributed by atoms with E-state index in [0.29, 0.717) is 54.2 Å². The summed E-state index contributed by atoms with van der Waals surface area (Å²) in [7, 11) is 0. The molecule has 210 valence electrons. The number of rotatable bonds is 4. The Bertz CT molecular complexity index is 1090. The second kappa shape index (κ2) is 9.58. The summed E-state index contributed by atoms with van der Waals surface area (Å²) in [5, 5.41) is 21.8. The molecule has 2 N–H and O–H groups in total. The highest BCUT2D eigenvalue weighted by Gasteiger charge is 2.62. The maximum Gasteiger partial charge on any atom is 0.227 e. The number of nitrogens with zero attached hydrogens (tertiary/aromatic N) is 1. The van der Waals surface area contributed by atoms with Gasteiger partial charge in [0.1, 0.15) is 5.82 Å². The Labute approximate surface area is 228 Å². The predicted octanol–water partition coefficient (Wildman–Crippen LogP) is 6.43. The van der Waals surface area contributed by atoms with E-state index in [-0.39, 0.29) is 34.8 Å². The predicted molar refractivity (Wildman–Crippen MR) is 148 cm³/mol. The van der Waals surface area contributed by atoms with Gasteiger partial charge >= 0.3 is 0 Å². The van der Waals surface area contributed by atoms with Crippen LogP contribution in [-0.4, -0.2) is 34.9 Å². The zero-order valence-electron chi connectivity index (χ0n) is 23.9. The van der Waals surface area contributed by atoms with Gasteiger partial charge in [-0.3, -0.25) is 4.79 Å². The fourth-order valence-electron chi connectivity index (χ4n) is 10.8. The third kappa shape index (κ3) is 4.08. The zero-order valence-corrected chi connectivity index (χ0v) is 23.9. The number of carbonyl (C=O) groups is 1. The molecule has 4 nitrogen and oxygen atoms in total. The lowest BCUT2D eigenvalue weighted by atomic mass is 9.43. The molecule has 4 aliphatic carbocycles. The number of aliphatic hydroxyl groups is 2. The molecule has 5 aliphatic rings. The Balaban J connectivity index is 1.13. The molecule has 0 unspecified atom stereocenters. The van der Waals surface area contributed by atoms with Crippen molar-refractivity contribution in [2.24, 2.45) is 46.3 Å². The smallest absolute Gasteiger partial charge is 0.227 e. The first-order valence-electron chi connectivity index (χ1n) is 15.5. The van der Waals surface area contributed by atoms with Crippen LogP contribution in [0.25, 0.3) is 0 Å². The highest BCUT2D eigenvalue weighted by atomic mass is 19.1. The lowest BCUT2D eigenvalue weighted by Gasteiger charge is -2.62. The average molecular weight is 526 g/mol. The monoisotopic (exact) mass is 525 g/mol. The van der Waals surface area contributed by atoms with Crippen molar-refractivity contribution in [2.45, 2.75) is 111 Å². The highest BCUT2D eigenvalue weighted by Crippen LogP contribution is 2.68. The number of benzene rings is 1. The molecule has 0 bridgehead atoms. The Morgan fingerprint density at radius 3 is 2.61 bits per heavy atom. The summed E-state index contributed by atoms with van der Waals surface area (Å²) in [6.07, 6.45) is 10.1. The van der Waals surface area contributed by atoms with Crippen LogP contribution in [0.3, 0.4) is 0 Å². The van der Waals surface area contributed by atoms with E-state index < -0.39 is 0 Å². The summed E-state index contributed by atoms with van der Waals surface area (Å²) in [4.78, 5) is 15.0. The molecule has 1 heterocycles. The first kappa shape index (κ1) is 26.7. The Morgan fingerprint density at radius 2 is 1.82 bits per heavy atom. The number of carbonyl (C=O) groups excluding carboxylic acids is 1. The largest absolute Gasteiger partial charge is 0.393 e. The lowest BCUT2D eigenvalue weighted by Crippen LogP contribution is -2.58. The molecule has 4 saturated carbocycles. The van der Waals surface area contributed by atoms with Crippen molar-refractivity contribution in [1.29, 1.82) is 0 Å². The maximum atomic E-state index is 14.7. The van der Waals surface area contributed by atoms with Gasteiger partial charge in [0.2, 0.25) is 5.91 Å². The normalized spacial score (nSPS) is 42.7. The summed E-state index contributed by atoms with van der Waals surface area (Å²) in [6, 6.07) is 3.56. The standard InChI is InChI=1S/C33H48FNO3/c1-19-15-21-11-14-35(31(21)27(34)16-19)29(38)8-5-20(2)24-6-7-25-30-26(10-13-33(24,25)4)32(3)12-9-23(36)17-22(32)18-28(30)37/h15-16,20,22-26,28,30,36-37H,5-14,17-18H2,1-4H3/t20-,22+,23-,24-,25+,26+,28-,30+,32+,33-/m1/s1. The molecule has 1 aromatic carbocycles. The number of aliphatic hydroxyl groups excluding tert-OH is 2. The van der Waals surface area contributed by atoms with Gasteiger partial charge in [-0.1, -0.05) is 26.8 Å². The Hall–Kier alpha value is -1.46. The lowest BCUT2D eigenvalue weighted by molar-refractivity contribution is -0.174. The molecule has 6 rings (SSSR count). The van der Waals surface area contributed by atoms with E-state index in [0.717, 1.165) is 49.7 Å². The third-order valence-electron chi connectivity index (χ3n) is 12.7. The summed E-state index contributed by atoms with van der Waals surface area (Å²) < 4.78 is 14.7. The van der Waals surface area contributed by atoms with Crippen LogP contribution < -0.4 is 4.90 Å². The van der Waals surface area contributed by atoms with Crippen molar-refractivity contribution >= 4 is 11.6 Å². The van der Waals surface area contributed by atoms with Crippen LogP contribution in [-0.2, 0) is 11.2 Å². The Kier molecular flexibility index (Phi) is 6.74. The number of hydrogen-bond acceptors (Lipinski definition) is 3. The van der Waals surface area contributed by atoms with E-state index in [1.165, 1.54) is 25.7 Å². The van der Waals surface area contributed by atoms with E-state index in [1.807, 2.05) is 13.0 Å². The molecule has 4 fully saturated rings. The van der Waals surface area contributed by atoms with E-state index >= 15 is 0 Å². The molecule has 0 spiro atoms. The summed E-state index contributed by atoms with van der Waals surface area (Å²) in [5.41, 5.74) is 2.84. The topological polar surface area (TPSA) is 60.8 Å². The fraction of sp³-hybridized carbons (Fsp3) is 0.788. The molecule has 1 aromatic rings. The van der Waals surface area contributed by atoms with Gasteiger partial charge in [-0.05, 0) is 135 Å². The second-order valence-corrected chi connectivity index (χ2v) is 14.5. The molecule has 38 heavy (non-hydrogen) atoms. The van der Waals surface area contributed by atoms with Crippen molar-refractivity contribution < 1.29 is 19.4 Å². The van der Waals surface area contributed by atoms with Crippen LogP contribution in [0, 0.1) is 59.1 Å². The fourth-order valence-corrected chi connectivity index (χ4v) is 10.8. The van der Waals surface area contributed by atoms with Crippen molar-refractivity contribution in [3.63, 3.8) is 0 Å². The van der Waals surface area contributed by atoms with Crippen LogP contribution in [0.4, 0.5) is 10.1 Å². The number of halogens is 1. The van der Waals surface area contributed by atoms with Crippen LogP contribution in [0.1, 0.15) is 96.1 Å². The van der Waals surface area contributed by atoms with Crippen LogP contribution >= 0.6 is 0 Å². The summed E-state index contributed by atoms with van der Waals surface area (Å²) in [5.74, 6) is 2.72. The van der Waals surface area contributed by atoms with E-state index in [4.69, 9.17) is 0 Å². The number of fused-ring (bicyclic) bond motifs is 6. The highest BCUT2D eigenvalue weighted by molar-refractivity contribution is 5.95. The van der Waals surface area contributed by atoms with Crippen molar-refractivity contribution in [1.82, 2.24) is 0 Å². The maximum absolute atomic E-state index is 14.7. The van der Waals surface area contributed by atoms with Gasteiger partial charge < -0.3 is 15.1 Å². The molecule has 10 atom stereocenters. The molecule has 1 aliphatic heterocycles. The number of anilines is 1. The minimum Gasteiger partial charge on any atom is -0.393 e. The molecular weight excluding hydrogens is 477 g/mol. The van der Waals surface area contributed by atoms with Gasteiger partial charge in [-0.2, -0.15) is 0 Å². The number of aryl methyl sites for hydroxylation is 1. The number of amides is 1. The van der Waals surface area contributed by atoms with Crippen molar-refractivity contribution in [3.8, 4) is 0 Å². The third-order valence-corrected chi connectivity index (χ3v) is 12.7. The van der Waals surface area contributed by atoms with E-state index in [1.54, 1.807) is 11.0 Å². The zero-order chi connectivity index (χ0) is 27.0. The van der Waals surface area contributed by atoms with Crippen molar-refractivity contribution in [2.75, 3.05) is 11.4 Å². The molecular formula is C33H48FNO3. The number of hydrogen-bond donors (Lipinski definition) is 2. The van der Waals surface area contributed by atoms with Crippen molar-refractivity contribution in [3.05, 3.63) is 29.1 Å². The van der Waals surface area contributed by atoms with Crippen LogP contribution in [0.2, 0.25) is 0 Å². The van der Waals surface area contributed by atoms with Gasteiger partial charge in [-0.15, -0.1) is 0 Å². The first-order chi connectivity index (χ1) is 18.0.